The Hall–Kier alpha value is -3.52. The molecule has 0 saturated carbocycles. The van der Waals surface area contributed by atoms with Gasteiger partial charge in [-0.1, -0.05) is 59.6 Å². The molecular formula is C31H35Cl2N9O6S2. The predicted molar refractivity (Wildman–Crippen MR) is 189 cm³/mol. The van der Waals surface area contributed by atoms with E-state index in [4.69, 9.17) is 47.9 Å². The smallest absolute Gasteiger partial charge is 0.274 e. The first-order valence-electron chi connectivity index (χ1n) is 15.3. The molecule has 0 unspecified atom stereocenters. The van der Waals surface area contributed by atoms with Crippen molar-refractivity contribution >= 4 is 43.4 Å². The van der Waals surface area contributed by atoms with Crippen LogP contribution in [0.2, 0.25) is 10.0 Å². The third-order valence-electron chi connectivity index (χ3n) is 8.38. The Morgan fingerprint density at radius 2 is 1.20 bits per heavy atom. The number of nitrogens with one attached hydrogen (secondary N) is 1. The third-order valence-corrected chi connectivity index (χ3v) is 10.8. The lowest BCUT2D eigenvalue weighted by Crippen LogP contribution is -2.59. The van der Waals surface area contributed by atoms with Crippen molar-refractivity contribution in [2.24, 2.45) is 16.2 Å². The Morgan fingerprint density at radius 1 is 0.760 bits per heavy atom. The second-order valence-electron chi connectivity index (χ2n) is 12.2. The molecule has 2 aliphatic heterocycles. The summed E-state index contributed by atoms with van der Waals surface area (Å²) < 4.78 is 58.9. The number of halogens is 2. The number of nitrogens with two attached hydrogens (primary N) is 2. The number of benzene rings is 2. The molecule has 2 fully saturated rings. The molecule has 0 bridgehead atoms. The first kappa shape index (κ1) is 36.3. The fourth-order valence-electron chi connectivity index (χ4n) is 6.14. The van der Waals surface area contributed by atoms with Crippen molar-refractivity contribution in [3.05, 3.63) is 70.2 Å². The van der Waals surface area contributed by atoms with Gasteiger partial charge in [0.2, 0.25) is 21.8 Å². The maximum absolute atomic E-state index is 11.4. The maximum atomic E-state index is 11.4. The topological polar surface area (TPSA) is 209 Å². The van der Waals surface area contributed by atoms with Gasteiger partial charge in [0, 0.05) is 67.6 Å². The Bertz CT molecular complexity index is 1980. The van der Waals surface area contributed by atoms with Crippen LogP contribution in [0.15, 0.2) is 48.8 Å². The summed E-state index contributed by atoms with van der Waals surface area (Å²) in [6.45, 7) is 2.97. The van der Waals surface area contributed by atoms with Crippen LogP contribution in [-0.2, 0) is 33.3 Å². The fourth-order valence-corrected chi connectivity index (χ4v) is 8.27. The Labute approximate surface area is 300 Å². The number of methoxy groups -OCH3 is 2. The van der Waals surface area contributed by atoms with Gasteiger partial charge >= 0.3 is 0 Å². The van der Waals surface area contributed by atoms with Crippen molar-refractivity contribution in [1.29, 1.82) is 0 Å². The van der Waals surface area contributed by atoms with Crippen LogP contribution < -0.4 is 24.5 Å². The molecule has 0 spiro atoms. The van der Waals surface area contributed by atoms with Crippen LogP contribution in [0.25, 0.3) is 33.6 Å². The van der Waals surface area contributed by atoms with Crippen molar-refractivity contribution in [2.75, 3.05) is 46.2 Å². The second-order valence-corrected chi connectivity index (χ2v) is 15.9. The number of rotatable bonds is 13. The summed E-state index contributed by atoms with van der Waals surface area (Å²) in [5.74, 6) is 0.593. The Kier molecular flexibility index (Phi) is 10.6. The van der Waals surface area contributed by atoms with Crippen LogP contribution >= 0.6 is 23.2 Å². The zero-order valence-corrected chi connectivity index (χ0v) is 30.2. The van der Waals surface area contributed by atoms with E-state index >= 15 is 0 Å². The minimum atomic E-state index is -3.77. The molecule has 2 saturated heterocycles. The highest BCUT2D eigenvalue weighted by Crippen LogP contribution is 2.42. The lowest BCUT2D eigenvalue weighted by Gasteiger charge is -2.38. The van der Waals surface area contributed by atoms with Gasteiger partial charge in [-0.15, -0.1) is 0 Å². The highest BCUT2D eigenvalue weighted by molar-refractivity contribution is 7.89. The summed E-state index contributed by atoms with van der Waals surface area (Å²) in [5.41, 5.74) is 4.77. The standard InChI is InChI=1S/C31H35Cl2N9O6S2/c1-47-30-26(15-41-11-18(12-41)17-49(34,43)44)36-9-24(38-30)22-7-3-5-20(28(22)32)21-6-4-8-23(29(21)33)25-10-37-27(31(39-25)48-2)16-42-13-19(14-42)40-50(35,45)46/h3-10,18-19,40H,11-17H2,1-2H3,(H2,34,43,44)(H2,35,45,46). The first-order valence-corrected chi connectivity index (χ1v) is 19.4. The number of primary sulfonamides is 1. The first-order chi connectivity index (χ1) is 23.7. The number of sulfonamides is 1. The zero-order chi connectivity index (χ0) is 35.8. The van der Waals surface area contributed by atoms with E-state index in [1.54, 1.807) is 12.4 Å². The van der Waals surface area contributed by atoms with E-state index in [0.717, 1.165) is 0 Å². The number of hydrogen-bond acceptors (Lipinski definition) is 12. The molecule has 5 N–H and O–H groups in total. The molecule has 19 heteroatoms. The molecule has 2 aromatic carbocycles. The summed E-state index contributed by atoms with van der Waals surface area (Å²) in [4.78, 5) is 22.6. The monoisotopic (exact) mass is 763 g/mol. The lowest BCUT2D eigenvalue weighted by molar-refractivity contribution is 0.103. The molecule has 6 rings (SSSR count). The SMILES string of the molecule is COc1nc(-c2cccc(-c3cccc(-c4cnc(CN5CC(NS(N)(=O)=O)C5)c(OC)n4)c3Cl)c2Cl)cnc1CN1CC(CS(N)(=O)=O)C1. The molecular weight excluding hydrogens is 729 g/mol. The quantitative estimate of drug-likeness (QED) is 0.179. The summed E-state index contributed by atoms with van der Waals surface area (Å²) in [7, 11) is -4.27. The van der Waals surface area contributed by atoms with E-state index in [0.29, 0.717) is 106 Å². The lowest BCUT2D eigenvalue weighted by atomic mass is 9.98. The molecule has 266 valence electrons. The van der Waals surface area contributed by atoms with Gasteiger partial charge in [-0.05, 0) is 5.92 Å². The molecule has 0 aliphatic carbocycles. The van der Waals surface area contributed by atoms with Crippen molar-refractivity contribution < 1.29 is 26.3 Å². The zero-order valence-electron chi connectivity index (χ0n) is 27.1. The van der Waals surface area contributed by atoms with Crippen molar-refractivity contribution in [1.82, 2.24) is 34.5 Å². The van der Waals surface area contributed by atoms with Crippen LogP contribution in [0.1, 0.15) is 11.4 Å². The van der Waals surface area contributed by atoms with Crippen LogP contribution in [-0.4, -0.2) is 98.8 Å². The highest BCUT2D eigenvalue weighted by Gasteiger charge is 2.32. The van der Waals surface area contributed by atoms with Crippen LogP contribution in [0, 0.1) is 5.92 Å². The molecule has 15 nitrogen and oxygen atoms in total. The number of aromatic nitrogens is 4. The largest absolute Gasteiger partial charge is 0.480 e. The van der Waals surface area contributed by atoms with E-state index in [-0.39, 0.29) is 17.7 Å². The number of likely N-dealkylation sites (tertiary alicyclic amines) is 2. The minimum Gasteiger partial charge on any atom is -0.480 e. The highest BCUT2D eigenvalue weighted by atomic mass is 35.5. The van der Waals surface area contributed by atoms with E-state index in [1.165, 1.54) is 14.2 Å². The fraction of sp³-hybridized carbons (Fsp3) is 0.355. The summed E-state index contributed by atoms with van der Waals surface area (Å²) >= 11 is 14.0. The van der Waals surface area contributed by atoms with E-state index in [1.807, 2.05) is 41.3 Å². The van der Waals surface area contributed by atoms with Gasteiger partial charge in [0.05, 0.1) is 53.8 Å². The van der Waals surface area contributed by atoms with Gasteiger partial charge in [-0.3, -0.25) is 19.8 Å². The number of hydrogen-bond donors (Lipinski definition) is 3. The summed E-state index contributed by atoms with van der Waals surface area (Å²) in [5, 5.41) is 11.1. The van der Waals surface area contributed by atoms with Gasteiger partial charge in [0.25, 0.3) is 10.2 Å². The molecule has 4 aromatic rings. The molecule has 0 atom stereocenters. The number of ether oxygens (including phenoxy) is 2. The Morgan fingerprint density at radius 3 is 1.62 bits per heavy atom. The molecule has 50 heavy (non-hydrogen) atoms. The van der Waals surface area contributed by atoms with Gasteiger partial charge < -0.3 is 9.47 Å². The van der Waals surface area contributed by atoms with Crippen molar-refractivity contribution in [2.45, 2.75) is 19.1 Å². The summed E-state index contributed by atoms with van der Waals surface area (Å²) in [6, 6.07) is 10.8. The van der Waals surface area contributed by atoms with Gasteiger partial charge in [-0.25, -0.2) is 28.7 Å². The minimum absolute atomic E-state index is 0.0155. The predicted octanol–water partition coefficient (Wildman–Crippen LogP) is 2.29. The van der Waals surface area contributed by atoms with Gasteiger partial charge in [-0.2, -0.15) is 13.1 Å². The van der Waals surface area contributed by atoms with Crippen LogP contribution in [0.5, 0.6) is 11.8 Å². The molecule has 4 heterocycles. The van der Waals surface area contributed by atoms with Gasteiger partial charge in [0.15, 0.2) is 0 Å². The summed E-state index contributed by atoms with van der Waals surface area (Å²) in [6.07, 6.45) is 3.24. The maximum Gasteiger partial charge on any atom is 0.274 e. The van der Waals surface area contributed by atoms with E-state index in [2.05, 4.69) is 24.6 Å². The van der Waals surface area contributed by atoms with Crippen molar-refractivity contribution in [3.8, 4) is 45.4 Å². The average molecular weight is 765 g/mol. The van der Waals surface area contributed by atoms with Crippen LogP contribution in [0.3, 0.4) is 0 Å². The average Bonchev–Trinajstić information content (AvgIpc) is 3.02. The normalized spacial score (nSPS) is 16.2. The molecule has 2 aromatic heterocycles. The molecule has 0 amide bonds. The third kappa shape index (κ3) is 8.33. The van der Waals surface area contributed by atoms with E-state index < -0.39 is 20.2 Å². The van der Waals surface area contributed by atoms with Crippen molar-refractivity contribution in [3.63, 3.8) is 0 Å². The van der Waals surface area contributed by atoms with Gasteiger partial charge in [0.1, 0.15) is 11.4 Å². The van der Waals surface area contributed by atoms with Crippen LogP contribution in [0.4, 0.5) is 0 Å². The molecule has 0 radical (unpaired) electrons. The molecule has 2 aliphatic rings. The van der Waals surface area contributed by atoms with E-state index in [9.17, 15) is 16.8 Å². The second kappa shape index (κ2) is 14.6. The number of nitrogens with zero attached hydrogens (tertiary/aromatic N) is 6. The Balaban J connectivity index is 1.21.